The van der Waals surface area contributed by atoms with E-state index in [-0.39, 0.29) is 17.5 Å². The summed E-state index contributed by atoms with van der Waals surface area (Å²) in [7, 11) is 0. The summed E-state index contributed by atoms with van der Waals surface area (Å²) in [6.07, 6.45) is 4.75. The van der Waals surface area contributed by atoms with Crippen molar-refractivity contribution in [2.24, 2.45) is 0 Å². The molecular weight excluding hydrogens is 294 g/mol. The van der Waals surface area contributed by atoms with Crippen molar-refractivity contribution in [1.82, 2.24) is 9.97 Å². The van der Waals surface area contributed by atoms with Gasteiger partial charge in [-0.25, -0.2) is 4.98 Å². The maximum Gasteiger partial charge on any atom is 0.256 e. The van der Waals surface area contributed by atoms with E-state index in [1.807, 2.05) is 0 Å². The average molecular weight is 307 g/mol. The standard InChI is InChI=1S/C17H13N3O3/c21-15-4-2-10-19-16(15)20-17(22)12-5-7-13(8-6-12)23-14-3-1-9-18-11-14/h1-11,21H,(H,19,20,22). The average Bonchev–Trinajstić information content (AvgIpc) is 2.58. The molecule has 23 heavy (non-hydrogen) atoms. The van der Waals surface area contributed by atoms with Crippen molar-refractivity contribution in [3.8, 4) is 17.2 Å². The Balaban J connectivity index is 1.69. The van der Waals surface area contributed by atoms with Gasteiger partial charge in [0.05, 0.1) is 6.20 Å². The molecule has 0 aliphatic rings. The normalized spacial score (nSPS) is 10.1. The summed E-state index contributed by atoms with van der Waals surface area (Å²) in [6.45, 7) is 0. The highest BCUT2D eigenvalue weighted by molar-refractivity contribution is 6.04. The van der Waals surface area contributed by atoms with E-state index in [9.17, 15) is 9.90 Å². The third-order valence-electron chi connectivity index (χ3n) is 3.00. The summed E-state index contributed by atoms with van der Waals surface area (Å²) in [5, 5.41) is 12.2. The number of amides is 1. The molecule has 0 fully saturated rings. The molecule has 0 atom stereocenters. The molecule has 0 saturated carbocycles. The predicted octanol–water partition coefficient (Wildman–Crippen LogP) is 3.23. The smallest absolute Gasteiger partial charge is 0.256 e. The van der Waals surface area contributed by atoms with Gasteiger partial charge in [-0.15, -0.1) is 0 Å². The van der Waals surface area contributed by atoms with E-state index in [1.54, 1.807) is 54.9 Å². The second kappa shape index (κ2) is 6.57. The molecule has 0 aliphatic heterocycles. The van der Waals surface area contributed by atoms with E-state index >= 15 is 0 Å². The molecule has 0 aliphatic carbocycles. The molecule has 114 valence electrons. The number of nitrogens with one attached hydrogen (secondary N) is 1. The number of rotatable bonds is 4. The zero-order chi connectivity index (χ0) is 16.1. The van der Waals surface area contributed by atoms with Crippen molar-refractivity contribution >= 4 is 11.7 Å². The topological polar surface area (TPSA) is 84.3 Å². The number of aromatic hydroxyl groups is 1. The van der Waals surface area contributed by atoms with Gasteiger partial charge >= 0.3 is 0 Å². The first kappa shape index (κ1) is 14.5. The maximum atomic E-state index is 12.1. The van der Waals surface area contributed by atoms with E-state index in [1.165, 1.54) is 12.3 Å². The molecule has 1 aromatic carbocycles. The van der Waals surface area contributed by atoms with Crippen LogP contribution in [0, 0.1) is 0 Å². The van der Waals surface area contributed by atoms with Crippen LogP contribution in [0.2, 0.25) is 0 Å². The lowest BCUT2D eigenvalue weighted by molar-refractivity contribution is 0.102. The van der Waals surface area contributed by atoms with Crippen LogP contribution >= 0.6 is 0 Å². The molecule has 2 heterocycles. The lowest BCUT2D eigenvalue weighted by atomic mass is 10.2. The Labute approximate surface area is 132 Å². The quantitative estimate of drug-likeness (QED) is 0.773. The minimum Gasteiger partial charge on any atom is -0.504 e. The second-order valence-electron chi connectivity index (χ2n) is 4.64. The fourth-order valence-corrected chi connectivity index (χ4v) is 1.89. The van der Waals surface area contributed by atoms with Gasteiger partial charge in [0.2, 0.25) is 0 Å². The van der Waals surface area contributed by atoms with E-state index in [0.717, 1.165) is 0 Å². The Morgan fingerprint density at radius 3 is 2.48 bits per heavy atom. The Hall–Kier alpha value is -3.41. The maximum absolute atomic E-state index is 12.1. The minimum atomic E-state index is -0.369. The number of nitrogens with zero attached hydrogens (tertiary/aromatic N) is 2. The van der Waals surface area contributed by atoms with Gasteiger partial charge in [0.1, 0.15) is 11.5 Å². The van der Waals surface area contributed by atoms with Crippen LogP contribution in [0.4, 0.5) is 5.82 Å². The molecule has 6 heteroatoms. The van der Waals surface area contributed by atoms with Crippen LogP contribution in [0.5, 0.6) is 17.2 Å². The van der Waals surface area contributed by atoms with E-state index in [4.69, 9.17) is 4.74 Å². The summed E-state index contributed by atoms with van der Waals surface area (Å²) in [4.78, 5) is 20.0. The van der Waals surface area contributed by atoms with E-state index < -0.39 is 0 Å². The summed E-state index contributed by atoms with van der Waals surface area (Å²) in [5.41, 5.74) is 0.425. The number of anilines is 1. The van der Waals surface area contributed by atoms with Crippen LogP contribution in [0.25, 0.3) is 0 Å². The first-order valence-electron chi connectivity index (χ1n) is 6.85. The lowest BCUT2D eigenvalue weighted by Gasteiger charge is -2.07. The van der Waals surface area contributed by atoms with Gasteiger partial charge in [-0.3, -0.25) is 9.78 Å². The predicted molar refractivity (Wildman–Crippen MR) is 84.6 cm³/mol. The van der Waals surface area contributed by atoms with Gasteiger partial charge in [-0.1, -0.05) is 0 Å². The molecule has 1 amide bonds. The number of ether oxygens (including phenoxy) is 1. The van der Waals surface area contributed by atoms with Crippen LogP contribution < -0.4 is 10.1 Å². The van der Waals surface area contributed by atoms with Crippen molar-refractivity contribution < 1.29 is 14.6 Å². The summed E-state index contributed by atoms with van der Waals surface area (Å²) in [6, 6.07) is 13.2. The SMILES string of the molecule is O=C(Nc1ncccc1O)c1ccc(Oc2cccnc2)cc1. The number of hydrogen-bond acceptors (Lipinski definition) is 5. The van der Waals surface area contributed by atoms with Gasteiger partial charge < -0.3 is 15.2 Å². The summed E-state index contributed by atoms with van der Waals surface area (Å²) in [5.74, 6) is 0.871. The highest BCUT2D eigenvalue weighted by Crippen LogP contribution is 2.22. The first-order chi connectivity index (χ1) is 11.2. The molecule has 2 N–H and O–H groups in total. The van der Waals surface area contributed by atoms with Gasteiger partial charge in [-0.2, -0.15) is 0 Å². The molecule has 3 rings (SSSR count). The Morgan fingerprint density at radius 1 is 1.00 bits per heavy atom. The van der Waals surface area contributed by atoms with Crippen LogP contribution in [0.3, 0.4) is 0 Å². The van der Waals surface area contributed by atoms with Crippen LogP contribution in [0.1, 0.15) is 10.4 Å². The van der Waals surface area contributed by atoms with Crippen molar-refractivity contribution in [3.63, 3.8) is 0 Å². The Kier molecular flexibility index (Phi) is 4.15. The molecule has 3 aromatic rings. The third-order valence-corrected chi connectivity index (χ3v) is 3.00. The molecule has 0 bridgehead atoms. The fraction of sp³-hybridized carbons (Fsp3) is 0. The zero-order valence-corrected chi connectivity index (χ0v) is 12.0. The zero-order valence-electron chi connectivity index (χ0n) is 12.0. The number of benzene rings is 1. The second-order valence-corrected chi connectivity index (χ2v) is 4.64. The molecule has 6 nitrogen and oxygen atoms in total. The van der Waals surface area contributed by atoms with Crippen molar-refractivity contribution in [2.45, 2.75) is 0 Å². The lowest BCUT2D eigenvalue weighted by Crippen LogP contribution is -2.12. The van der Waals surface area contributed by atoms with Crippen LogP contribution in [-0.4, -0.2) is 21.0 Å². The largest absolute Gasteiger partial charge is 0.504 e. The monoisotopic (exact) mass is 307 g/mol. The summed E-state index contributed by atoms with van der Waals surface area (Å²) < 4.78 is 5.60. The molecule has 2 aromatic heterocycles. The van der Waals surface area contributed by atoms with Crippen molar-refractivity contribution in [3.05, 3.63) is 72.7 Å². The van der Waals surface area contributed by atoms with Gasteiger partial charge in [-0.05, 0) is 48.5 Å². The van der Waals surface area contributed by atoms with Gasteiger partial charge in [0.25, 0.3) is 5.91 Å². The molecule has 0 spiro atoms. The van der Waals surface area contributed by atoms with Crippen molar-refractivity contribution in [1.29, 1.82) is 0 Å². The van der Waals surface area contributed by atoms with Crippen molar-refractivity contribution in [2.75, 3.05) is 5.32 Å². The van der Waals surface area contributed by atoms with Crippen LogP contribution in [-0.2, 0) is 0 Å². The number of aromatic nitrogens is 2. The number of carbonyl (C=O) groups excluding carboxylic acids is 1. The van der Waals surface area contributed by atoms with Gasteiger partial charge in [0.15, 0.2) is 11.6 Å². The molecule has 0 unspecified atom stereocenters. The van der Waals surface area contributed by atoms with E-state index in [0.29, 0.717) is 17.1 Å². The highest BCUT2D eigenvalue weighted by atomic mass is 16.5. The summed E-state index contributed by atoms with van der Waals surface area (Å²) >= 11 is 0. The first-order valence-corrected chi connectivity index (χ1v) is 6.85. The van der Waals surface area contributed by atoms with E-state index in [2.05, 4.69) is 15.3 Å². The number of pyridine rings is 2. The Bertz CT molecular complexity index is 805. The molecule has 0 radical (unpaired) electrons. The molecule has 0 saturated heterocycles. The molecular formula is C17H13N3O3. The minimum absolute atomic E-state index is 0.0858. The fourth-order valence-electron chi connectivity index (χ4n) is 1.89. The number of hydrogen-bond donors (Lipinski definition) is 2. The highest BCUT2D eigenvalue weighted by Gasteiger charge is 2.09. The Morgan fingerprint density at radius 2 is 1.78 bits per heavy atom. The van der Waals surface area contributed by atoms with Crippen LogP contribution in [0.15, 0.2) is 67.1 Å². The number of carbonyl (C=O) groups is 1. The third kappa shape index (κ3) is 3.62. The van der Waals surface area contributed by atoms with Gasteiger partial charge in [0, 0.05) is 18.0 Å².